The second kappa shape index (κ2) is 8.06. The average Bonchev–Trinajstić information content (AvgIpc) is 3.49. The van der Waals surface area contributed by atoms with E-state index in [0.29, 0.717) is 19.5 Å². The third kappa shape index (κ3) is 3.44. The maximum absolute atomic E-state index is 13.2. The molecule has 0 radical (unpaired) electrons. The van der Waals surface area contributed by atoms with Gasteiger partial charge in [0.2, 0.25) is 5.91 Å². The van der Waals surface area contributed by atoms with Gasteiger partial charge in [0.1, 0.15) is 5.82 Å². The van der Waals surface area contributed by atoms with Crippen LogP contribution in [-0.2, 0) is 17.9 Å². The first kappa shape index (κ1) is 19.6. The lowest BCUT2D eigenvalue weighted by Crippen LogP contribution is -2.33. The van der Waals surface area contributed by atoms with Crippen molar-refractivity contribution in [3.63, 3.8) is 0 Å². The Labute approximate surface area is 180 Å². The third-order valence-corrected chi connectivity index (χ3v) is 6.22. The molecular weight excluding hydrogens is 390 g/mol. The number of likely N-dealkylation sites (tertiary alicyclic amines) is 1. The van der Waals surface area contributed by atoms with Crippen LogP contribution in [0.3, 0.4) is 0 Å². The van der Waals surface area contributed by atoms with Gasteiger partial charge in [-0.3, -0.25) is 13.9 Å². The van der Waals surface area contributed by atoms with E-state index in [1.165, 1.54) is 0 Å². The highest BCUT2D eigenvalue weighted by Gasteiger charge is 2.32. The predicted octanol–water partition coefficient (Wildman–Crippen LogP) is 3.84. The molecule has 4 aromatic rings. The quantitative estimate of drug-likeness (QED) is 0.518. The van der Waals surface area contributed by atoms with Gasteiger partial charge in [0, 0.05) is 26.1 Å². The number of hydrogen-bond acceptors (Lipinski definition) is 3. The summed E-state index contributed by atoms with van der Waals surface area (Å²) in [6.45, 7) is 3.86. The van der Waals surface area contributed by atoms with Crippen molar-refractivity contribution >= 4 is 28.0 Å². The highest BCUT2D eigenvalue weighted by molar-refractivity contribution is 5.79. The van der Waals surface area contributed by atoms with Crippen molar-refractivity contribution in [2.24, 2.45) is 0 Å². The smallest absolute Gasteiger partial charge is 0.329 e. The second-order valence-corrected chi connectivity index (χ2v) is 8.21. The van der Waals surface area contributed by atoms with Gasteiger partial charge in [-0.1, -0.05) is 31.2 Å². The van der Waals surface area contributed by atoms with Gasteiger partial charge in [-0.05, 0) is 43.5 Å². The fourth-order valence-electron chi connectivity index (χ4n) is 4.76. The van der Waals surface area contributed by atoms with Crippen molar-refractivity contribution in [1.82, 2.24) is 24.0 Å². The molecule has 2 aromatic carbocycles. The number of carbonyl (C=O) groups is 1. The van der Waals surface area contributed by atoms with Gasteiger partial charge < -0.3 is 9.88 Å². The Morgan fingerprint density at radius 3 is 2.52 bits per heavy atom. The topological polar surface area (TPSA) is 75.9 Å². The van der Waals surface area contributed by atoms with Crippen LogP contribution in [0, 0.1) is 0 Å². The molecule has 160 valence electrons. The number of carbonyl (C=O) groups excluding carboxylic acids is 1. The third-order valence-electron chi connectivity index (χ3n) is 6.22. The number of para-hydroxylation sites is 4. The van der Waals surface area contributed by atoms with Crippen LogP contribution in [0.25, 0.3) is 22.1 Å². The van der Waals surface area contributed by atoms with Crippen molar-refractivity contribution in [3.05, 3.63) is 64.8 Å². The van der Waals surface area contributed by atoms with E-state index in [0.717, 1.165) is 53.7 Å². The molecule has 0 bridgehead atoms. The second-order valence-electron chi connectivity index (χ2n) is 8.21. The van der Waals surface area contributed by atoms with Crippen LogP contribution in [0.4, 0.5) is 0 Å². The maximum atomic E-state index is 13.2. The summed E-state index contributed by atoms with van der Waals surface area (Å²) in [4.78, 5) is 36.2. The summed E-state index contributed by atoms with van der Waals surface area (Å²) in [5.41, 5.74) is 3.71. The number of aromatic nitrogens is 4. The van der Waals surface area contributed by atoms with Crippen LogP contribution >= 0.6 is 0 Å². The number of nitrogens with zero attached hydrogens (tertiary/aromatic N) is 4. The van der Waals surface area contributed by atoms with E-state index >= 15 is 0 Å². The minimum Gasteiger partial charge on any atom is -0.340 e. The van der Waals surface area contributed by atoms with Gasteiger partial charge in [-0.15, -0.1) is 0 Å². The molecule has 1 amide bonds. The van der Waals surface area contributed by atoms with E-state index in [9.17, 15) is 9.59 Å². The average molecular weight is 418 g/mol. The molecule has 1 aliphatic heterocycles. The number of fused-ring (bicyclic) bond motifs is 2. The SMILES string of the molecule is CCCn1c(=O)n(CCC(=O)N2CCCC2c2nc3ccccc3[nH]2)c2ccccc21. The Hall–Kier alpha value is -3.35. The van der Waals surface area contributed by atoms with E-state index < -0.39 is 0 Å². The molecule has 1 N–H and O–H groups in total. The van der Waals surface area contributed by atoms with Crippen LogP contribution in [0.5, 0.6) is 0 Å². The molecule has 2 aromatic heterocycles. The van der Waals surface area contributed by atoms with Crippen molar-refractivity contribution in [2.75, 3.05) is 6.54 Å². The van der Waals surface area contributed by atoms with E-state index in [-0.39, 0.29) is 17.6 Å². The van der Waals surface area contributed by atoms with Crippen LogP contribution < -0.4 is 5.69 Å². The number of hydrogen-bond donors (Lipinski definition) is 1. The molecule has 3 heterocycles. The molecule has 1 fully saturated rings. The first-order valence-electron chi connectivity index (χ1n) is 11.1. The molecule has 1 saturated heterocycles. The molecule has 7 heteroatoms. The predicted molar refractivity (Wildman–Crippen MR) is 121 cm³/mol. The molecule has 1 aliphatic rings. The molecule has 1 unspecified atom stereocenters. The van der Waals surface area contributed by atoms with Crippen molar-refractivity contribution < 1.29 is 4.79 Å². The molecule has 0 aliphatic carbocycles. The monoisotopic (exact) mass is 417 g/mol. The van der Waals surface area contributed by atoms with E-state index in [4.69, 9.17) is 4.98 Å². The summed E-state index contributed by atoms with van der Waals surface area (Å²) in [7, 11) is 0. The lowest BCUT2D eigenvalue weighted by atomic mass is 10.2. The van der Waals surface area contributed by atoms with Gasteiger partial charge in [-0.25, -0.2) is 9.78 Å². The Kier molecular flexibility index (Phi) is 5.10. The Bertz CT molecular complexity index is 1270. The maximum Gasteiger partial charge on any atom is 0.329 e. The number of amides is 1. The summed E-state index contributed by atoms with van der Waals surface area (Å²) >= 11 is 0. The summed E-state index contributed by atoms with van der Waals surface area (Å²) in [6.07, 6.45) is 3.06. The van der Waals surface area contributed by atoms with Crippen molar-refractivity contribution in [2.45, 2.75) is 51.7 Å². The molecule has 0 saturated carbocycles. The Balaban J connectivity index is 1.37. The van der Waals surface area contributed by atoms with Crippen LogP contribution in [0.15, 0.2) is 53.3 Å². The summed E-state index contributed by atoms with van der Waals surface area (Å²) < 4.78 is 3.56. The lowest BCUT2D eigenvalue weighted by Gasteiger charge is -2.23. The van der Waals surface area contributed by atoms with Crippen LogP contribution in [-0.4, -0.2) is 36.5 Å². The normalized spacial score (nSPS) is 16.5. The van der Waals surface area contributed by atoms with Crippen LogP contribution in [0.2, 0.25) is 0 Å². The lowest BCUT2D eigenvalue weighted by molar-refractivity contribution is -0.132. The van der Waals surface area contributed by atoms with Gasteiger partial charge in [0.25, 0.3) is 0 Å². The van der Waals surface area contributed by atoms with E-state index in [2.05, 4.69) is 11.9 Å². The number of aromatic amines is 1. The van der Waals surface area contributed by atoms with E-state index in [1.807, 2.05) is 58.0 Å². The first-order chi connectivity index (χ1) is 15.2. The number of nitrogens with one attached hydrogen (secondary N) is 1. The zero-order valence-electron chi connectivity index (χ0n) is 17.8. The Morgan fingerprint density at radius 1 is 1.06 bits per heavy atom. The number of aryl methyl sites for hydroxylation is 2. The molecule has 5 rings (SSSR count). The van der Waals surface area contributed by atoms with Gasteiger partial charge in [-0.2, -0.15) is 0 Å². The standard InChI is InChI=1S/C24H27N5O2/c1-2-14-28-19-10-5-6-11-20(19)29(24(28)31)16-13-22(30)27-15-7-12-21(27)23-25-17-8-3-4-9-18(17)26-23/h3-6,8-11,21H,2,7,12-16H2,1H3,(H,25,26). The van der Waals surface area contributed by atoms with Gasteiger partial charge >= 0.3 is 5.69 Å². The zero-order chi connectivity index (χ0) is 21.4. The number of benzene rings is 2. The van der Waals surface area contributed by atoms with Crippen LogP contribution in [0.1, 0.15) is 44.5 Å². The molecule has 0 spiro atoms. The molecule has 31 heavy (non-hydrogen) atoms. The summed E-state index contributed by atoms with van der Waals surface area (Å²) in [5.74, 6) is 0.922. The Morgan fingerprint density at radius 2 is 1.77 bits per heavy atom. The molecular formula is C24H27N5O2. The minimum absolute atomic E-state index is 0.0296. The van der Waals surface area contributed by atoms with Gasteiger partial charge in [0.15, 0.2) is 0 Å². The first-order valence-corrected chi connectivity index (χ1v) is 11.1. The van der Waals surface area contributed by atoms with E-state index in [1.54, 1.807) is 4.57 Å². The minimum atomic E-state index is -0.0360. The summed E-state index contributed by atoms with van der Waals surface area (Å²) in [5, 5.41) is 0. The highest BCUT2D eigenvalue weighted by Crippen LogP contribution is 2.32. The van der Waals surface area contributed by atoms with Crippen molar-refractivity contribution in [3.8, 4) is 0 Å². The fraction of sp³-hybridized carbons (Fsp3) is 0.375. The fourth-order valence-corrected chi connectivity index (χ4v) is 4.76. The number of H-pyrrole nitrogens is 1. The largest absolute Gasteiger partial charge is 0.340 e. The zero-order valence-corrected chi connectivity index (χ0v) is 17.8. The summed E-state index contributed by atoms with van der Waals surface area (Å²) in [6, 6.07) is 15.7. The molecule has 1 atom stereocenters. The van der Waals surface area contributed by atoms with Crippen molar-refractivity contribution in [1.29, 1.82) is 0 Å². The highest BCUT2D eigenvalue weighted by atomic mass is 16.2. The number of rotatable bonds is 6. The van der Waals surface area contributed by atoms with Gasteiger partial charge in [0.05, 0.1) is 28.1 Å². The molecule has 7 nitrogen and oxygen atoms in total. The number of imidazole rings is 2.